The van der Waals surface area contributed by atoms with Crippen LogP contribution in [0.1, 0.15) is 46.3 Å². The van der Waals surface area contributed by atoms with E-state index in [1.54, 1.807) is 31.4 Å². The first kappa shape index (κ1) is 26.8. The van der Waals surface area contributed by atoms with Crippen molar-refractivity contribution in [2.24, 2.45) is 0 Å². The SMILES string of the molecule is CCOc1cc(C2/C(=C(\O)c3cc(C)cc(C)c3OC)C(=O)C(=O)N2c2cccc(C)c2C)ccc1OC. The summed E-state index contributed by atoms with van der Waals surface area (Å²) < 4.78 is 16.9. The van der Waals surface area contributed by atoms with E-state index < -0.39 is 17.7 Å². The predicted octanol–water partition coefficient (Wildman–Crippen LogP) is 5.96. The lowest BCUT2D eigenvalue weighted by atomic mass is 9.93. The normalized spacial score (nSPS) is 16.6. The number of aliphatic hydroxyl groups excluding tert-OH is 1. The summed E-state index contributed by atoms with van der Waals surface area (Å²) in [5.41, 5.74) is 5.05. The smallest absolute Gasteiger partial charge is 0.300 e. The van der Waals surface area contributed by atoms with E-state index in [4.69, 9.17) is 14.2 Å². The van der Waals surface area contributed by atoms with Crippen LogP contribution in [0.25, 0.3) is 5.76 Å². The van der Waals surface area contributed by atoms with Crippen molar-refractivity contribution in [1.82, 2.24) is 0 Å². The third-order valence-electron chi connectivity index (χ3n) is 6.96. The number of rotatable bonds is 7. The summed E-state index contributed by atoms with van der Waals surface area (Å²) in [7, 11) is 3.06. The minimum atomic E-state index is -0.911. The van der Waals surface area contributed by atoms with Crippen LogP contribution in [0.15, 0.2) is 54.1 Å². The first-order chi connectivity index (χ1) is 18.1. The number of hydrogen-bond acceptors (Lipinski definition) is 6. The Bertz CT molecular complexity index is 1450. The van der Waals surface area contributed by atoms with Crippen LogP contribution in [-0.2, 0) is 9.59 Å². The number of nitrogens with zero attached hydrogens (tertiary/aromatic N) is 1. The van der Waals surface area contributed by atoms with Crippen molar-refractivity contribution in [3.8, 4) is 17.2 Å². The molecule has 1 saturated heterocycles. The van der Waals surface area contributed by atoms with Gasteiger partial charge in [-0.05, 0) is 86.7 Å². The number of hydrogen-bond donors (Lipinski definition) is 1. The number of methoxy groups -OCH3 is 2. The molecule has 3 aromatic carbocycles. The minimum absolute atomic E-state index is 0.0215. The number of ether oxygens (including phenoxy) is 3. The molecule has 1 N–H and O–H groups in total. The summed E-state index contributed by atoms with van der Waals surface area (Å²) in [5, 5.41) is 11.7. The maximum Gasteiger partial charge on any atom is 0.300 e. The number of amides is 1. The van der Waals surface area contributed by atoms with Crippen molar-refractivity contribution in [2.75, 3.05) is 25.7 Å². The van der Waals surface area contributed by atoms with Gasteiger partial charge in [0.15, 0.2) is 11.5 Å². The van der Waals surface area contributed by atoms with Gasteiger partial charge in [0.25, 0.3) is 11.7 Å². The molecule has 38 heavy (non-hydrogen) atoms. The molecule has 7 nitrogen and oxygen atoms in total. The van der Waals surface area contributed by atoms with Gasteiger partial charge < -0.3 is 19.3 Å². The van der Waals surface area contributed by atoms with Crippen LogP contribution >= 0.6 is 0 Å². The Hall–Kier alpha value is -4.26. The Kier molecular flexibility index (Phi) is 7.49. The van der Waals surface area contributed by atoms with Gasteiger partial charge in [-0.3, -0.25) is 14.5 Å². The van der Waals surface area contributed by atoms with E-state index in [0.717, 1.165) is 22.3 Å². The fourth-order valence-electron chi connectivity index (χ4n) is 5.07. The Morgan fingerprint density at radius 3 is 2.32 bits per heavy atom. The lowest BCUT2D eigenvalue weighted by Gasteiger charge is -2.28. The highest BCUT2D eigenvalue weighted by atomic mass is 16.5. The van der Waals surface area contributed by atoms with E-state index in [0.29, 0.717) is 40.7 Å². The van der Waals surface area contributed by atoms with Gasteiger partial charge >= 0.3 is 0 Å². The lowest BCUT2D eigenvalue weighted by Crippen LogP contribution is -2.30. The van der Waals surface area contributed by atoms with Gasteiger partial charge in [0.2, 0.25) is 0 Å². The van der Waals surface area contributed by atoms with E-state index >= 15 is 0 Å². The van der Waals surface area contributed by atoms with Gasteiger partial charge in [-0.25, -0.2) is 0 Å². The molecule has 198 valence electrons. The fourth-order valence-corrected chi connectivity index (χ4v) is 5.07. The molecule has 1 fully saturated rings. The molecule has 0 aromatic heterocycles. The summed E-state index contributed by atoms with van der Waals surface area (Å²) in [6.07, 6.45) is 0. The van der Waals surface area contributed by atoms with Crippen molar-refractivity contribution >= 4 is 23.1 Å². The third-order valence-corrected chi connectivity index (χ3v) is 6.96. The van der Waals surface area contributed by atoms with Crippen molar-refractivity contribution in [3.05, 3.63) is 87.5 Å². The second-order valence-electron chi connectivity index (χ2n) is 9.39. The van der Waals surface area contributed by atoms with Gasteiger partial charge in [0.05, 0.1) is 38.0 Å². The second kappa shape index (κ2) is 10.6. The lowest BCUT2D eigenvalue weighted by molar-refractivity contribution is -0.132. The number of anilines is 1. The van der Waals surface area contributed by atoms with Gasteiger partial charge in [0.1, 0.15) is 11.5 Å². The molecule has 0 spiro atoms. The molecule has 1 atom stereocenters. The van der Waals surface area contributed by atoms with Crippen LogP contribution in [0.3, 0.4) is 0 Å². The quantitative estimate of drug-likeness (QED) is 0.237. The summed E-state index contributed by atoms with van der Waals surface area (Å²) in [5.74, 6) is -0.350. The van der Waals surface area contributed by atoms with Crippen LogP contribution in [0, 0.1) is 27.7 Å². The van der Waals surface area contributed by atoms with Crippen LogP contribution < -0.4 is 19.1 Å². The minimum Gasteiger partial charge on any atom is -0.507 e. The topological polar surface area (TPSA) is 85.3 Å². The zero-order valence-corrected chi connectivity index (χ0v) is 22.8. The van der Waals surface area contributed by atoms with E-state index in [1.807, 2.05) is 58.9 Å². The molecule has 1 aliphatic rings. The predicted molar refractivity (Wildman–Crippen MR) is 147 cm³/mol. The molecule has 0 saturated carbocycles. The van der Waals surface area contributed by atoms with Gasteiger partial charge in [0, 0.05) is 5.69 Å². The van der Waals surface area contributed by atoms with Crippen molar-refractivity contribution in [2.45, 2.75) is 40.7 Å². The largest absolute Gasteiger partial charge is 0.507 e. The monoisotopic (exact) mass is 515 g/mol. The zero-order valence-electron chi connectivity index (χ0n) is 22.8. The molecule has 0 radical (unpaired) electrons. The Morgan fingerprint density at radius 1 is 0.921 bits per heavy atom. The summed E-state index contributed by atoms with van der Waals surface area (Å²) >= 11 is 0. The first-order valence-electron chi connectivity index (χ1n) is 12.5. The van der Waals surface area contributed by atoms with Crippen LogP contribution in [0.2, 0.25) is 0 Å². The average molecular weight is 516 g/mol. The summed E-state index contributed by atoms with van der Waals surface area (Å²) in [4.78, 5) is 28.8. The average Bonchev–Trinajstić information content (AvgIpc) is 3.15. The highest BCUT2D eigenvalue weighted by Gasteiger charge is 2.48. The number of carbonyl (C=O) groups is 2. The Morgan fingerprint density at radius 2 is 1.66 bits per heavy atom. The third kappa shape index (κ3) is 4.49. The van der Waals surface area contributed by atoms with Crippen molar-refractivity contribution in [1.29, 1.82) is 0 Å². The maximum atomic E-state index is 13.7. The number of carbonyl (C=O) groups excluding carboxylic acids is 2. The Balaban J connectivity index is 2.06. The van der Waals surface area contributed by atoms with Gasteiger partial charge in [-0.2, -0.15) is 0 Å². The molecule has 1 amide bonds. The molecule has 0 aliphatic carbocycles. The zero-order chi connectivity index (χ0) is 27.7. The fraction of sp³-hybridized carbons (Fsp3) is 0.290. The summed E-state index contributed by atoms with van der Waals surface area (Å²) in [6, 6.07) is 13.7. The van der Waals surface area contributed by atoms with E-state index in [9.17, 15) is 14.7 Å². The highest BCUT2D eigenvalue weighted by molar-refractivity contribution is 6.51. The maximum absolute atomic E-state index is 13.7. The molecule has 0 bridgehead atoms. The molecule has 4 rings (SSSR count). The van der Waals surface area contributed by atoms with Gasteiger partial charge in [-0.15, -0.1) is 0 Å². The van der Waals surface area contributed by atoms with Crippen LogP contribution in [0.5, 0.6) is 17.2 Å². The number of ketones is 1. The molecule has 1 unspecified atom stereocenters. The van der Waals surface area contributed by atoms with E-state index in [-0.39, 0.29) is 11.3 Å². The number of Topliss-reactive ketones (excluding diaryl/α,β-unsaturated/α-hetero) is 1. The van der Waals surface area contributed by atoms with Crippen LogP contribution in [-0.4, -0.2) is 37.6 Å². The van der Waals surface area contributed by atoms with Crippen molar-refractivity contribution in [3.63, 3.8) is 0 Å². The van der Waals surface area contributed by atoms with Gasteiger partial charge in [-0.1, -0.05) is 24.3 Å². The number of aryl methyl sites for hydroxylation is 3. The standard InChI is InChI=1S/C31H33NO6/c1-8-38-25-16-21(12-13-24(25)36-6)27-26(28(33)22-15-17(2)14-19(4)30(22)37-7)29(34)31(35)32(27)23-11-9-10-18(3)20(23)5/h9-16,27,33H,8H2,1-7H3/b28-26+. The molecule has 1 aliphatic heterocycles. The number of aliphatic hydroxyl groups is 1. The number of benzene rings is 3. The van der Waals surface area contributed by atoms with E-state index in [1.165, 1.54) is 12.0 Å². The molecular formula is C31H33NO6. The highest BCUT2D eigenvalue weighted by Crippen LogP contribution is 2.46. The van der Waals surface area contributed by atoms with Crippen LogP contribution in [0.4, 0.5) is 5.69 Å². The molecule has 7 heteroatoms. The second-order valence-corrected chi connectivity index (χ2v) is 9.39. The molecule has 1 heterocycles. The van der Waals surface area contributed by atoms with E-state index in [2.05, 4.69) is 0 Å². The Labute approximate surface area is 223 Å². The molecule has 3 aromatic rings. The first-order valence-corrected chi connectivity index (χ1v) is 12.5. The van der Waals surface area contributed by atoms with Crippen molar-refractivity contribution < 1.29 is 28.9 Å². The summed E-state index contributed by atoms with van der Waals surface area (Å²) in [6.45, 7) is 9.89. The molecular weight excluding hydrogens is 482 g/mol.